The SMILES string of the molecule is COc1ccc(CCC(C)Nc2cccc(Cl)n2)cc1. The largest absolute Gasteiger partial charge is 0.497 e. The molecule has 0 radical (unpaired) electrons. The molecule has 2 rings (SSSR count). The van der Waals surface area contributed by atoms with Gasteiger partial charge in [-0.2, -0.15) is 0 Å². The van der Waals surface area contributed by atoms with Crippen LogP contribution in [0.3, 0.4) is 0 Å². The summed E-state index contributed by atoms with van der Waals surface area (Å²) in [6.45, 7) is 2.14. The van der Waals surface area contributed by atoms with Crippen LogP contribution in [-0.4, -0.2) is 18.1 Å². The zero-order valence-corrected chi connectivity index (χ0v) is 12.5. The third-order valence-electron chi connectivity index (χ3n) is 3.13. The van der Waals surface area contributed by atoms with Gasteiger partial charge in [-0.05, 0) is 49.6 Å². The summed E-state index contributed by atoms with van der Waals surface area (Å²) in [5.41, 5.74) is 1.30. The quantitative estimate of drug-likeness (QED) is 0.811. The van der Waals surface area contributed by atoms with Crippen molar-refractivity contribution in [2.75, 3.05) is 12.4 Å². The summed E-state index contributed by atoms with van der Waals surface area (Å²) >= 11 is 5.87. The van der Waals surface area contributed by atoms with E-state index in [2.05, 4.69) is 29.4 Å². The number of pyridine rings is 1. The Morgan fingerprint density at radius 2 is 1.95 bits per heavy atom. The second kappa shape index (κ2) is 7.15. The molecule has 0 aliphatic carbocycles. The minimum atomic E-state index is 0.336. The molecule has 0 aliphatic rings. The predicted octanol–water partition coefficient (Wildman–Crippen LogP) is 4.18. The van der Waals surface area contributed by atoms with Crippen LogP contribution in [-0.2, 0) is 6.42 Å². The lowest BCUT2D eigenvalue weighted by Gasteiger charge is -2.14. The number of methoxy groups -OCH3 is 1. The first-order chi connectivity index (χ1) is 9.67. The number of nitrogens with zero attached hydrogens (tertiary/aromatic N) is 1. The number of rotatable bonds is 6. The summed E-state index contributed by atoms with van der Waals surface area (Å²) in [5, 5.41) is 3.87. The number of hydrogen-bond acceptors (Lipinski definition) is 3. The Bertz CT molecular complexity index is 542. The zero-order chi connectivity index (χ0) is 14.4. The van der Waals surface area contributed by atoms with Crippen molar-refractivity contribution in [1.82, 2.24) is 4.98 Å². The monoisotopic (exact) mass is 290 g/mol. The van der Waals surface area contributed by atoms with Gasteiger partial charge in [0.05, 0.1) is 7.11 Å². The van der Waals surface area contributed by atoms with Crippen molar-refractivity contribution in [1.29, 1.82) is 0 Å². The zero-order valence-electron chi connectivity index (χ0n) is 11.8. The molecule has 0 saturated heterocycles. The molecule has 0 aliphatic heterocycles. The molecule has 0 amide bonds. The number of halogens is 1. The third kappa shape index (κ3) is 4.42. The van der Waals surface area contributed by atoms with E-state index in [0.717, 1.165) is 24.4 Å². The predicted molar refractivity (Wildman–Crippen MR) is 83.6 cm³/mol. The Morgan fingerprint density at radius 3 is 2.60 bits per heavy atom. The van der Waals surface area contributed by atoms with Crippen LogP contribution in [0.2, 0.25) is 5.15 Å². The van der Waals surface area contributed by atoms with Crippen LogP contribution < -0.4 is 10.1 Å². The average Bonchev–Trinajstić information content (AvgIpc) is 2.46. The molecule has 0 fully saturated rings. The fourth-order valence-corrected chi connectivity index (χ4v) is 2.15. The molecule has 4 heteroatoms. The number of ether oxygens (including phenoxy) is 1. The molecular weight excluding hydrogens is 272 g/mol. The molecule has 0 spiro atoms. The van der Waals surface area contributed by atoms with Crippen LogP contribution in [0.1, 0.15) is 18.9 Å². The summed E-state index contributed by atoms with van der Waals surface area (Å²) < 4.78 is 5.15. The Kier molecular flexibility index (Phi) is 5.24. The maximum Gasteiger partial charge on any atom is 0.131 e. The molecule has 1 aromatic carbocycles. The van der Waals surface area contributed by atoms with Crippen LogP contribution >= 0.6 is 11.6 Å². The molecule has 20 heavy (non-hydrogen) atoms. The van der Waals surface area contributed by atoms with E-state index in [1.165, 1.54) is 5.56 Å². The lowest BCUT2D eigenvalue weighted by molar-refractivity contribution is 0.414. The molecular formula is C16H19ClN2O. The number of hydrogen-bond donors (Lipinski definition) is 1. The fraction of sp³-hybridized carbons (Fsp3) is 0.312. The van der Waals surface area contributed by atoms with E-state index in [-0.39, 0.29) is 0 Å². The molecule has 2 aromatic rings. The van der Waals surface area contributed by atoms with E-state index >= 15 is 0 Å². The van der Waals surface area contributed by atoms with Crippen LogP contribution in [0.15, 0.2) is 42.5 Å². The number of aromatic nitrogens is 1. The Balaban J connectivity index is 1.83. The van der Waals surface area contributed by atoms with E-state index in [4.69, 9.17) is 16.3 Å². The van der Waals surface area contributed by atoms with Gasteiger partial charge in [-0.15, -0.1) is 0 Å². The second-order valence-electron chi connectivity index (χ2n) is 4.78. The van der Waals surface area contributed by atoms with Gasteiger partial charge in [0.1, 0.15) is 16.7 Å². The van der Waals surface area contributed by atoms with Crippen molar-refractivity contribution in [3.8, 4) is 5.75 Å². The molecule has 106 valence electrons. The van der Waals surface area contributed by atoms with E-state index < -0.39 is 0 Å². The summed E-state index contributed by atoms with van der Waals surface area (Å²) in [6, 6.07) is 14.1. The molecule has 0 bridgehead atoms. The van der Waals surface area contributed by atoms with Crippen molar-refractivity contribution >= 4 is 17.4 Å². The summed E-state index contributed by atoms with van der Waals surface area (Å²) in [5.74, 6) is 1.71. The first-order valence-electron chi connectivity index (χ1n) is 6.69. The van der Waals surface area contributed by atoms with Crippen LogP contribution in [0.4, 0.5) is 5.82 Å². The molecule has 1 aromatic heterocycles. The highest BCUT2D eigenvalue weighted by Crippen LogP contribution is 2.15. The Morgan fingerprint density at radius 1 is 1.20 bits per heavy atom. The highest BCUT2D eigenvalue weighted by molar-refractivity contribution is 6.29. The van der Waals surface area contributed by atoms with E-state index in [1.54, 1.807) is 13.2 Å². The number of benzene rings is 1. The maximum atomic E-state index is 5.87. The minimum absolute atomic E-state index is 0.336. The summed E-state index contributed by atoms with van der Waals surface area (Å²) in [4.78, 5) is 4.23. The van der Waals surface area contributed by atoms with Gasteiger partial charge in [0.25, 0.3) is 0 Å². The normalized spacial score (nSPS) is 11.9. The average molecular weight is 291 g/mol. The van der Waals surface area contributed by atoms with Gasteiger partial charge in [0, 0.05) is 6.04 Å². The molecule has 1 unspecified atom stereocenters. The van der Waals surface area contributed by atoms with Crippen LogP contribution in [0, 0.1) is 0 Å². The van der Waals surface area contributed by atoms with Gasteiger partial charge in [-0.1, -0.05) is 29.8 Å². The van der Waals surface area contributed by atoms with Crippen LogP contribution in [0.5, 0.6) is 5.75 Å². The fourth-order valence-electron chi connectivity index (χ4n) is 1.99. The lowest BCUT2D eigenvalue weighted by Crippen LogP contribution is -2.16. The lowest BCUT2D eigenvalue weighted by atomic mass is 10.1. The topological polar surface area (TPSA) is 34.1 Å². The van der Waals surface area contributed by atoms with Crippen LogP contribution in [0.25, 0.3) is 0 Å². The van der Waals surface area contributed by atoms with Gasteiger partial charge >= 0.3 is 0 Å². The van der Waals surface area contributed by atoms with Gasteiger partial charge in [-0.3, -0.25) is 0 Å². The molecule has 0 saturated carbocycles. The maximum absolute atomic E-state index is 5.87. The van der Waals surface area contributed by atoms with Crippen molar-refractivity contribution < 1.29 is 4.74 Å². The highest BCUT2D eigenvalue weighted by Gasteiger charge is 2.04. The molecule has 1 N–H and O–H groups in total. The van der Waals surface area contributed by atoms with Crippen molar-refractivity contribution in [2.24, 2.45) is 0 Å². The highest BCUT2D eigenvalue weighted by atomic mass is 35.5. The van der Waals surface area contributed by atoms with E-state index in [0.29, 0.717) is 11.2 Å². The van der Waals surface area contributed by atoms with Gasteiger partial charge in [0.15, 0.2) is 0 Å². The smallest absolute Gasteiger partial charge is 0.131 e. The molecule has 3 nitrogen and oxygen atoms in total. The molecule has 1 heterocycles. The molecule has 1 atom stereocenters. The van der Waals surface area contributed by atoms with Crippen molar-refractivity contribution in [3.05, 3.63) is 53.2 Å². The minimum Gasteiger partial charge on any atom is -0.497 e. The second-order valence-corrected chi connectivity index (χ2v) is 5.16. The Labute approximate surface area is 124 Å². The third-order valence-corrected chi connectivity index (χ3v) is 3.34. The number of nitrogens with one attached hydrogen (secondary N) is 1. The van der Waals surface area contributed by atoms with E-state index in [1.807, 2.05) is 24.3 Å². The first-order valence-corrected chi connectivity index (χ1v) is 7.07. The van der Waals surface area contributed by atoms with Crippen molar-refractivity contribution in [3.63, 3.8) is 0 Å². The van der Waals surface area contributed by atoms with Crippen molar-refractivity contribution in [2.45, 2.75) is 25.8 Å². The standard InChI is InChI=1S/C16H19ClN2O/c1-12(18-16-5-3-4-15(17)19-16)6-7-13-8-10-14(20-2)11-9-13/h3-5,8-12H,6-7H2,1-2H3,(H,18,19). The number of anilines is 1. The first kappa shape index (κ1) is 14.7. The van der Waals surface area contributed by atoms with Gasteiger partial charge < -0.3 is 10.1 Å². The van der Waals surface area contributed by atoms with Gasteiger partial charge in [0.2, 0.25) is 0 Å². The summed E-state index contributed by atoms with van der Waals surface area (Å²) in [6.07, 6.45) is 2.04. The number of aryl methyl sites for hydroxylation is 1. The summed E-state index contributed by atoms with van der Waals surface area (Å²) in [7, 11) is 1.68. The van der Waals surface area contributed by atoms with Gasteiger partial charge in [-0.25, -0.2) is 4.98 Å². The van der Waals surface area contributed by atoms with E-state index in [9.17, 15) is 0 Å². The Hall–Kier alpha value is -1.74.